The number of nitrogens with one attached hydrogen (secondary N) is 1. The van der Waals surface area contributed by atoms with Crippen molar-refractivity contribution < 1.29 is 38.7 Å². The quantitative estimate of drug-likeness (QED) is 0.400. The first-order chi connectivity index (χ1) is 21.5. The summed E-state index contributed by atoms with van der Waals surface area (Å²) >= 11 is 0. The van der Waals surface area contributed by atoms with E-state index in [0.29, 0.717) is 43.4 Å². The number of piperidine rings is 1. The number of fused-ring (bicyclic) bond motifs is 3. The molecule has 3 aliphatic carbocycles. The van der Waals surface area contributed by atoms with E-state index in [2.05, 4.69) is 10.2 Å². The van der Waals surface area contributed by atoms with Gasteiger partial charge < -0.3 is 34.5 Å². The summed E-state index contributed by atoms with van der Waals surface area (Å²) in [6, 6.07) is 15.3. The van der Waals surface area contributed by atoms with Crippen molar-refractivity contribution in [3.8, 4) is 0 Å². The minimum Gasteiger partial charge on any atom is -0.455 e. The van der Waals surface area contributed by atoms with Gasteiger partial charge in [-0.2, -0.15) is 0 Å². The highest BCUT2D eigenvalue weighted by molar-refractivity contribution is 6.08. The average molecular weight is 621 g/mol. The fourth-order valence-corrected chi connectivity index (χ4v) is 10.8. The SMILES string of the molecule is CO[C@H]1C[C@]2(O)C3CC4C(C)(OC(=O)c5ccccc5NC(=O)c5ccccc5)CC[C@H](OC)C4(C4C[C@H]1[C@H](OC)[C@@]42O)N3C. The Morgan fingerprint density at radius 1 is 0.933 bits per heavy atom. The Hall–Kier alpha value is -2.86. The standard InChI is InChI=1S/C35H44N2O8/c1-32(45-31(39)21-13-9-10-14-23(21)36-30(38)20-11-7-6-8-12-20)16-15-28(43-4)34-25(32)18-27(37(34)2)33(40)19-24(42-3)22-17-26(34)35(33,41)29(22)44-5/h6-14,22,24-29,40-41H,15-19H2,1-5H3,(H,36,38)/t22-,24+,25?,26?,27?,28+,29+,32?,33+,34?,35+/m1/s1. The van der Waals surface area contributed by atoms with Crippen molar-refractivity contribution >= 4 is 17.6 Å². The van der Waals surface area contributed by atoms with Crippen molar-refractivity contribution in [3.63, 3.8) is 0 Å². The van der Waals surface area contributed by atoms with E-state index < -0.39 is 46.4 Å². The smallest absolute Gasteiger partial charge is 0.340 e. The van der Waals surface area contributed by atoms with E-state index >= 15 is 0 Å². The highest BCUT2D eigenvalue weighted by Gasteiger charge is 2.86. The van der Waals surface area contributed by atoms with E-state index in [4.69, 9.17) is 18.9 Å². The number of ether oxygens (including phenoxy) is 4. The van der Waals surface area contributed by atoms with Crippen LogP contribution in [0.15, 0.2) is 54.6 Å². The summed E-state index contributed by atoms with van der Waals surface area (Å²) in [6.07, 6.45) is 1.39. The van der Waals surface area contributed by atoms with Crippen LogP contribution >= 0.6 is 0 Å². The van der Waals surface area contributed by atoms with Crippen LogP contribution < -0.4 is 5.32 Å². The number of para-hydroxylation sites is 1. The maximum absolute atomic E-state index is 14.1. The predicted molar refractivity (Wildman–Crippen MR) is 165 cm³/mol. The van der Waals surface area contributed by atoms with Gasteiger partial charge in [-0.15, -0.1) is 0 Å². The number of rotatable bonds is 7. The number of hydrogen-bond donors (Lipinski definition) is 3. The maximum Gasteiger partial charge on any atom is 0.340 e. The van der Waals surface area contributed by atoms with Crippen LogP contribution in [0.4, 0.5) is 5.69 Å². The van der Waals surface area contributed by atoms with Gasteiger partial charge in [0.25, 0.3) is 5.91 Å². The van der Waals surface area contributed by atoms with Crippen LogP contribution in [0.5, 0.6) is 0 Å². The van der Waals surface area contributed by atoms with Crippen molar-refractivity contribution in [3.05, 3.63) is 65.7 Å². The Labute approximate surface area is 264 Å². The average Bonchev–Trinajstić information content (AvgIpc) is 3.49. The first-order valence-electron chi connectivity index (χ1n) is 16.0. The molecule has 10 heteroatoms. The van der Waals surface area contributed by atoms with Crippen LogP contribution in [-0.2, 0) is 18.9 Å². The third kappa shape index (κ3) is 3.90. The molecule has 3 N–H and O–H groups in total. The van der Waals surface area contributed by atoms with Gasteiger partial charge in [-0.25, -0.2) is 4.79 Å². The molecule has 10 nitrogen and oxygen atoms in total. The number of esters is 1. The molecule has 1 amide bonds. The van der Waals surface area contributed by atoms with Gasteiger partial charge in [0.15, 0.2) is 0 Å². The molecule has 242 valence electrons. The molecule has 2 aromatic rings. The summed E-state index contributed by atoms with van der Waals surface area (Å²) in [6.45, 7) is 1.98. The lowest BCUT2D eigenvalue weighted by atomic mass is 9.53. The molecule has 45 heavy (non-hydrogen) atoms. The second kappa shape index (κ2) is 10.6. The normalized spacial score (nSPS) is 43.0. The van der Waals surface area contributed by atoms with Gasteiger partial charge in [0.2, 0.25) is 0 Å². The Morgan fingerprint density at radius 3 is 2.33 bits per heavy atom. The molecule has 2 aliphatic heterocycles. The van der Waals surface area contributed by atoms with E-state index in [9.17, 15) is 19.8 Å². The van der Waals surface area contributed by atoms with Gasteiger partial charge in [0.05, 0.1) is 35.1 Å². The number of likely N-dealkylation sites (N-methyl/N-ethyl adjacent to an activating group) is 1. The summed E-state index contributed by atoms with van der Waals surface area (Å²) in [7, 11) is 6.98. The van der Waals surface area contributed by atoms with Crippen LogP contribution in [0, 0.1) is 17.8 Å². The third-order valence-corrected chi connectivity index (χ3v) is 12.5. The van der Waals surface area contributed by atoms with Crippen LogP contribution in [0.2, 0.25) is 0 Å². The molecule has 5 fully saturated rings. The lowest BCUT2D eigenvalue weighted by molar-refractivity contribution is -0.318. The third-order valence-electron chi connectivity index (χ3n) is 12.5. The van der Waals surface area contributed by atoms with Crippen LogP contribution in [0.25, 0.3) is 0 Å². The van der Waals surface area contributed by atoms with Crippen LogP contribution in [-0.4, -0.2) is 102 Å². The number of methoxy groups -OCH3 is 3. The molecule has 4 bridgehead atoms. The van der Waals surface area contributed by atoms with Crippen molar-refractivity contribution in [2.45, 2.75) is 85.7 Å². The maximum atomic E-state index is 14.1. The van der Waals surface area contributed by atoms with Crippen molar-refractivity contribution in [1.29, 1.82) is 0 Å². The van der Waals surface area contributed by atoms with Crippen LogP contribution in [0.1, 0.15) is 59.7 Å². The molecule has 2 heterocycles. The Morgan fingerprint density at radius 2 is 1.64 bits per heavy atom. The number of amides is 1. The molecule has 2 saturated heterocycles. The van der Waals surface area contributed by atoms with Crippen molar-refractivity contribution in [2.75, 3.05) is 33.7 Å². The molecule has 5 unspecified atom stereocenters. The molecular weight excluding hydrogens is 576 g/mol. The van der Waals surface area contributed by atoms with Gasteiger partial charge in [-0.1, -0.05) is 30.3 Å². The molecule has 7 rings (SSSR count). The van der Waals surface area contributed by atoms with Crippen LogP contribution in [0.3, 0.4) is 0 Å². The number of carbonyl (C=O) groups excluding carboxylic acids is 2. The first-order valence-corrected chi connectivity index (χ1v) is 16.0. The lowest BCUT2D eigenvalue weighted by Gasteiger charge is -2.66. The molecule has 0 radical (unpaired) electrons. The second-order valence-corrected chi connectivity index (χ2v) is 14.0. The van der Waals surface area contributed by atoms with Crippen molar-refractivity contribution in [1.82, 2.24) is 4.90 Å². The fourth-order valence-electron chi connectivity index (χ4n) is 10.8. The minimum atomic E-state index is -1.53. The summed E-state index contributed by atoms with van der Waals surface area (Å²) in [5, 5.41) is 28.3. The molecule has 3 saturated carbocycles. The zero-order chi connectivity index (χ0) is 31.9. The van der Waals surface area contributed by atoms with Crippen molar-refractivity contribution in [2.24, 2.45) is 17.8 Å². The Kier molecular flexibility index (Phi) is 7.24. The van der Waals surface area contributed by atoms with Gasteiger partial charge in [-0.05, 0) is 63.9 Å². The highest BCUT2D eigenvalue weighted by atomic mass is 16.6. The van der Waals surface area contributed by atoms with Gasteiger partial charge in [-0.3, -0.25) is 9.69 Å². The fraction of sp³-hybridized carbons (Fsp3) is 0.600. The minimum absolute atomic E-state index is 0.105. The highest BCUT2D eigenvalue weighted by Crippen LogP contribution is 2.72. The molecule has 0 aromatic heterocycles. The summed E-state index contributed by atoms with van der Waals surface area (Å²) < 4.78 is 24.7. The zero-order valence-corrected chi connectivity index (χ0v) is 26.6. The monoisotopic (exact) mass is 620 g/mol. The molecule has 5 aliphatic rings. The number of anilines is 1. The topological polar surface area (TPSA) is 127 Å². The lowest BCUT2D eigenvalue weighted by Crippen LogP contribution is -2.83. The van der Waals surface area contributed by atoms with E-state index in [1.807, 2.05) is 20.0 Å². The molecule has 2 aromatic carbocycles. The first kappa shape index (κ1) is 30.8. The molecule has 1 spiro atoms. The summed E-state index contributed by atoms with van der Waals surface area (Å²) in [4.78, 5) is 29.3. The zero-order valence-electron chi connectivity index (χ0n) is 26.6. The Balaban J connectivity index is 1.26. The van der Waals surface area contributed by atoms with E-state index in [1.54, 1.807) is 69.9 Å². The summed E-state index contributed by atoms with van der Waals surface area (Å²) in [5.74, 6) is -1.63. The van der Waals surface area contributed by atoms with E-state index in [1.165, 1.54) is 0 Å². The largest absolute Gasteiger partial charge is 0.455 e. The molecule has 11 atom stereocenters. The molecular formula is C35H44N2O8. The van der Waals surface area contributed by atoms with Gasteiger partial charge in [0, 0.05) is 57.1 Å². The number of hydrogen-bond acceptors (Lipinski definition) is 9. The second-order valence-electron chi connectivity index (χ2n) is 14.0. The predicted octanol–water partition coefficient (Wildman–Crippen LogP) is 3.27. The van der Waals surface area contributed by atoms with Gasteiger partial charge >= 0.3 is 5.97 Å². The van der Waals surface area contributed by atoms with E-state index in [0.717, 1.165) is 0 Å². The number of aliphatic hydroxyl groups is 2. The van der Waals surface area contributed by atoms with Gasteiger partial charge in [0.1, 0.15) is 16.8 Å². The Bertz CT molecular complexity index is 1490. The number of carbonyl (C=O) groups is 2. The van der Waals surface area contributed by atoms with E-state index in [-0.39, 0.29) is 35.5 Å². The summed E-state index contributed by atoms with van der Waals surface area (Å²) in [5.41, 5.74) is -3.59. The number of nitrogens with zero attached hydrogens (tertiary/aromatic N) is 1. The number of benzene rings is 2.